The van der Waals surface area contributed by atoms with Gasteiger partial charge in [-0.25, -0.2) is 0 Å². The van der Waals surface area contributed by atoms with Gasteiger partial charge in [-0.15, -0.1) is 0 Å². The summed E-state index contributed by atoms with van der Waals surface area (Å²) in [5.41, 5.74) is 0.176. The molecule has 0 heteroatoms. The Labute approximate surface area is 93.3 Å². The largest absolute Gasteiger partial charge is 0.0654 e. The standard InChI is InChI=1S/C14H28/c1-5-6-9-12-10-7-8-11-13(12)14(2,3)4/h12-13H,5-11H2,1-4H3/i8D,12D. The molecule has 0 amide bonds. The fourth-order valence-corrected chi connectivity index (χ4v) is 2.58. The SMILES string of the molecule is [2H]C1CCC([2H])(CCCC)C(C(C)(C)C)C1. The molecule has 0 heterocycles. The molecule has 0 aromatic heterocycles. The first-order valence-electron chi connectivity index (χ1n) is 7.29. The van der Waals surface area contributed by atoms with Crippen LogP contribution in [-0.4, -0.2) is 0 Å². The van der Waals surface area contributed by atoms with E-state index in [1.54, 1.807) is 0 Å². The minimum Gasteiger partial charge on any atom is -0.0654 e. The van der Waals surface area contributed by atoms with Crippen LogP contribution < -0.4 is 0 Å². The van der Waals surface area contributed by atoms with Crippen LogP contribution in [0.2, 0.25) is 0 Å². The molecule has 0 spiro atoms. The molecule has 1 aliphatic carbocycles. The summed E-state index contributed by atoms with van der Waals surface area (Å²) in [6.45, 7) is 8.92. The maximum atomic E-state index is 8.74. The predicted octanol–water partition coefficient (Wildman–Crippen LogP) is 5.03. The first-order valence-corrected chi connectivity index (χ1v) is 6.22. The summed E-state index contributed by atoms with van der Waals surface area (Å²) in [5.74, 6) is 0.133. The highest BCUT2D eigenvalue weighted by Crippen LogP contribution is 2.43. The molecule has 3 unspecified atom stereocenters. The molecule has 0 aliphatic heterocycles. The van der Waals surface area contributed by atoms with E-state index in [1.807, 2.05) is 0 Å². The highest BCUT2D eigenvalue weighted by atomic mass is 14.4. The minimum absolute atomic E-state index is 0.0735. The van der Waals surface area contributed by atoms with E-state index in [4.69, 9.17) is 2.74 Å². The van der Waals surface area contributed by atoms with Crippen molar-refractivity contribution in [2.45, 2.75) is 72.6 Å². The van der Waals surface area contributed by atoms with Gasteiger partial charge >= 0.3 is 0 Å². The summed E-state index contributed by atoms with van der Waals surface area (Å²) in [6.07, 6.45) is 6.24. The van der Waals surface area contributed by atoms with Gasteiger partial charge in [-0.3, -0.25) is 0 Å². The van der Waals surface area contributed by atoms with Gasteiger partial charge in [0.25, 0.3) is 0 Å². The molecular weight excluding hydrogens is 168 g/mol. The molecule has 1 saturated carbocycles. The van der Waals surface area contributed by atoms with Crippen molar-refractivity contribution >= 4 is 0 Å². The maximum Gasteiger partial charge on any atom is 0.0306 e. The molecule has 1 rings (SSSR count). The Kier molecular flexibility index (Phi) is 3.42. The fraction of sp³-hybridized carbons (Fsp3) is 1.00. The van der Waals surface area contributed by atoms with Gasteiger partial charge in [0, 0.05) is 2.74 Å². The van der Waals surface area contributed by atoms with Crippen LogP contribution in [0.25, 0.3) is 0 Å². The molecule has 84 valence electrons. The Morgan fingerprint density at radius 1 is 1.36 bits per heavy atom. The summed E-state index contributed by atoms with van der Waals surface area (Å²) in [5, 5.41) is 0. The Hall–Kier alpha value is 0. The summed E-state index contributed by atoms with van der Waals surface area (Å²) in [7, 11) is 0. The second kappa shape index (κ2) is 5.19. The lowest BCUT2D eigenvalue weighted by atomic mass is 9.65. The molecule has 0 saturated heterocycles. The van der Waals surface area contributed by atoms with Crippen molar-refractivity contribution in [1.29, 1.82) is 0 Å². The third kappa shape index (κ3) is 3.29. The molecule has 14 heavy (non-hydrogen) atoms. The molecule has 0 aromatic carbocycles. The normalized spacial score (nSPS) is 41.7. The van der Waals surface area contributed by atoms with Crippen molar-refractivity contribution in [3.05, 3.63) is 0 Å². The first-order chi connectivity index (χ1) is 7.29. The van der Waals surface area contributed by atoms with Crippen molar-refractivity contribution in [3.63, 3.8) is 0 Å². The van der Waals surface area contributed by atoms with Crippen LogP contribution in [0.15, 0.2) is 0 Å². The number of rotatable bonds is 3. The quantitative estimate of drug-likeness (QED) is 0.596. The maximum absolute atomic E-state index is 8.74. The summed E-state index contributed by atoms with van der Waals surface area (Å²) >= 11 is 0. The number of hydrogen-bond acceptors (Lipinski definition) is 0. The summed E-state index contributed by atoms with van der Waals surface area (Å²) in [4.78, 5) is 0. The van der Waals surface area contributed by atoms with Gasteiger partial charge < -0.3 is 0 Å². The van der Waals surface area contributed by atoms with E-state index >= 15 is 0 Å². The van der Waals surface area contributed by atoms with E-state index in [0.29, 0.717) is 5.92 Å². The van der Waals surface area contributed by atoms with E-state index in [0.717, 1.165) is 25.7 Å². The van der Waals surface area contributed by atoms with Crippen LogP contribution in [0.1, 0.15) is 75.4 Å². The fourth-order valence-electron chi connectivity index (χ4n) is 2.58. The van der Waals surface area contributed by atoms with Crippen LogP contribution in [0.3, 0.4) is 0 Å². The number of hydrogen-bond donors (Lipinski definition) is 0. The third-order valence-corrected chi connectivity index (χ3v) is 3.46. The van der Waals surface area contributed by atoms with Gasteiger partial charge in [-0.05, 0) is 23.6 Å². The van der Waals surface area contributed by atoms with Crippen LogP contribution >= 0.6 is 0 Å². The molecule has 1 fully saturated rings. The van der Waals surface area contributed by atoms with Gasteiger partial charge in [0.05, 0.1) is 0 Å². The lowest BCUT2D eigenvalue weighted by molar-refractivity contribution is 0.0999. The van der Waals surface area contributed by atoms with E-state index in [2.05, 4.69) is 27.7 Å². The third-order valence-electron chi connectivity index (χ3n) is 3.46. The molecule has 3 atom stereocenters. The van der Waals surface area contributed by atoms with Crippen molar-refractivity contribution < 1.29 is 2.74 Å². The van der Waals surface area contributed by atoms with Crippen LogP contribution in [-0.2, 0) is 0 Å². The lowest BCUT2D eigenvalue weighted by Crippen LogP contribution is -2.31. The monoisotopic (exact) mass is 198 g/mol. The molecule has 0 aromatic rings. The second-order valence-corrected chi connectivity index (χ2v) is 5.74. The van der Waals surface area contributed by atoms with Gasteiger partial charge in [0.1, 0.15) is 0 Å². The smallest absolute Gasteiger partial charge is 0.0306 e. The lowest BCUT2D eigenvalue weighted by Gasteiger charge is -2.40. The van der Waals surface area contributed by atoms with Gasteiger partial charge in [0.2, 0.25) is 0 Å². The Morgan fingerprint density at radius 2 is 2.07 bits per heavy atom. The van der Waals surface area contributed by atoms with E-state index in [1.165, 1.54) is 12.8 Å². The van der Waals surface area contributed by atoms with Gasteiger partial charge in [0.15, 0.2) is 0 Å². The molecule has 0 nitrogen and oxygen atoms in total. The van der Waals surface area contributed by atoms with Crippen molar-refractivity contribution in [2.24, 2.45) is 17.2 Å². The highest BCUT2D eigenvalue weighted by molar-refractivity contribution is 4.83. The second-order valence-electron chi connectivity index (χ2n) is 5.74. The van der Waals surface area contributed by atoms with Crippen molar-refractivity contribution in [3.8, 4) is 0 Å². The average molecular weight is 198 g/mol. The predicted molar refractivity (Wildman–Crippen MR) is 64.4 cm³/mol. The Balaban J connectivity index is 2.78. The number of unbranched alkanes of at least 4 members (excludes halogenated alkanes) is 1. The van der Waals surface area contributed by atoms with Crippen molar-refractivity contribution in [2.75, 3.05) is 0 Å². The Morgan fingerprint density at radius 3 is 2.64 bits per heavy atom. The molecule has 0 bridgehead atoms. The van der Waals surface area contributed by atoms with E-state index in [9.17, 15) is 0 Å². The summed E-state index contributed by atoms with van der Waals surface area (Å²) < 4.78 is 16.7. The molecular formula is C14H28. The summed E-state index contributed by atoms with van der Waals surface area (Å²) in [6, 6.07) is 0. The van der Waals surface area contributed by atoms with Gasteiger partial charge in [-0.2, -0.15) is 0 Å². The Bertz CT molecular complexity index is 215. The van der Waals surface area contributed by atoms with Crippen LogP contribution in [0, 0.1) is 17.2 Å². The van der Waals surface area contributed by atoms with Gasteiger partial charge in [-0.1, -0.05) is 66.2 Å². The van der Waals surface area contributed by atoms with Crippen LogP contribution in [0.4, 0.5) is 0 Å². The molecule has 0 radical (unpaired) electrons. The van der Waals surface area contributed by atoms with Crippen molar-refractivity contribution in [1.82, 2.24) is 0 Å². The zero-order valence-electron chi connectivity index (χ0n) is 12.4. The average Bonchev–Trinajstić information content (AvgIpc) is 2.18. The molecule has 1 aliphatic rings. The van der Waals surface area contributed by atoms with Crippen LogP contribution in [0.5, 0.6) is 0 Å². The topological polar surface area (TPSA) is 0 Å². The van der Waals surface area contributed by atoms with E-state index < -0.39 is 0 Å². The minimum atomic E-state index is -0.258. The zero-order valence-corrected chi connectivity index (χ0v) is 10.4. The highest BCUT2D eigenvalue weighted by Gasteiger charge is 2.33. The zero-order chi connectivity index (χ0) is 12.4. The van der Waals surface area contributed by atoms with E-state index in [-0.39, 0.29) is 17.7 Å². The first kappa shape index (κ1) is 9.24. The molecule has 0 N–H and O–H groups in total.